The van der Waals surface area contributed by atoms with Crippen LogP contribution in [0.2, 0.25) is 0 Å². The molecule has 0 aromatic rings. The van der Waals surface area contributed by atoms with Crippen LogP contribution < -0.4 is 10.6 Å². The fourth-order valence-corrected chi connectivity index (χ4v) is 1.31. The third kappa shape index (κ3) is 3.36. The molecule has 2 atom stereocenters. The van der Waals surface area contributed by atoms with E-state index in [1.165, 1.54) is 0 Å². The Morgan fingerprint density at radius 1 is 1.86 bits per heavy atom. The largest absolute Gasteiger partial charge is 0.378 e. The molecule has 0 bridgehead atoms. The Hall–Kier alpha value is -1.05. The summed E-state index contributed by atoms with van der Waals surface area (Å²) in [5.41, 5.74) is 0. The maximum atomic E-state index is 11.6. The topological polar surface area (TPSA) is 50.4 Å². The summed E-state index contributed by atoms with van der Waals surface area (Å²) in [6.07, 6.45) is 5.70. The molecule has 1 aliphatic heterocycles. The van der Waals surface area contributed by atoms with Crippen LogP contribution in [0, 0.1) is 12.3 Å². The lowest BCUT2D eigenvalue weighted by atomic mass is 10.2. The summed E-state index contributed by atoms with van der Waals surface area (Å²) in [5.74, 6) is 2.47. The van der Waals surface area contributed by atoms with Crippen molar-refractivity contribution in [1.82, 2.24) is 10.6 Å². The number of hydrogen-bond donors (Lipinski definition) is 2. The first-order valence-electron chi connectivity index (χ1n) is 4.79. The van der Waals surface area contributed by atoms with Gasteiger partial charge in [-0.05, 0) is 6.92 Å². The highest BCUT2D eigenvalue weighted by molar-refractivity contribution is 5.82. The van der Waals surface area contributed by atoms with Crippen molar-refractivity contribution in [2.75, 3.05) is 19.8 Å². The number of nitrogens with one attached hydrogen (secondary N) is 2. The van der Waals surface area contributed by atoms with E-state index in [0.717, 1.165) is 6.54 Å². The van der Waals surface area contributed by atoms with Crippen molar-refractivity contribution >= 4 is 5.91 Å². The zero-order chi connectivity index (χ0) is 10.4. The smallest absolute Gasteiger partial charge is 0.239 e. The molecule has 0 aliphatic carbocycles. The Morgan fingerprint density at radius 2 is 2.64 bits per heavy atom. The highest BCUT2D eigenvalue weighted by atomic mass is 16.5. The lowest BCUT2D eigenvalue weighted by molar-refractivity contribution is -0.126. The molecule has 1 fully saturated rings. The van der Waals surface area contributed by atoms with Gasteiger partial charge in [0.05, 0.1) is 13.2 Å². The second kappa shape index (κ2) is 5.63. The predicted octanol–water partition coefficient (Wildman–Crippen LogP) is -0.497. The minimum atomic E-state index is -0.232. The Morgan fingerprint density at radius 3 is 3.21 bits per heavy atom. The van der Waals surface area contributed by atoms with Gasteiger partial charge in [0.15, 0.2) is 0 Å². The van der Waals surface area contributed by atoms with E-state index in [2.05, 4.69) is 16.6 Å². The van der Waals surface area contributed by atoms with E-state index < -0.39 is 0 Å². The van der Waals surface area contributed by atoms with Gasteiger partial charge in [0.2, 0.25) is 5.91 Å². The van der Waals surface area contributed by atoms with Gasteiger partial charge in [0.25, 0.3) is 0 Å². The zero-order valence-corrected chi connectivity index (χ0v) is 8.38. The molecule has 1 heterocycles. The van der Waals surface area contributed by atoms with Gasteiger partial charge >= 0.3 is 0 Å². The van der Waals surface area contributed by atoms with Crippen LogP contribution in [0.25, 0.3) is 0 Å². The van der Waals surface area contributed by atoms with E-state index in [0.29, 0.717) is 19.6 Å². The third-order valence-electron chi connectivity index (χ3n) is 2.05. The Kier molecular flexibility index (Phi) is 4.44. The van der Waals surface area contributed by atoms with Crippen LogP contribution >= 0.6 is 0 Å². The second-order valence-corrected chi connectivity index (χ2v) is 3.40. The van der Waals surface area contributed by atoms with Crippen LogP contribution in [0.5, 0.6) is 0 Å². The SMILES string of the molecule is C#CCC(C)NC(=O)C1COCCN1. The van der Waals surface area contributed by atoms with Crippen LogP contribution in [-0.4, -0.2) is 37.7 Å². The number of carbonyl (C=O) groups excluding carboxylic acids is 1. The van der Waals surface area contributed by atoms with E-state index in [9.17, 15) is 4.79 Å². The number of morpholine rings is 1. The lowest BCUT2D eigenvalue weighted by Gasteiger charge is -2.24. The zero-order valence-electron chi connectivity index (χ0n) is 8.38. The molecule has 14 heavy (non-hydrogen) atoms. The molecule has 1 aliphatic rings. The minimum absolute atomic E-state index is 0.0243. The molecule has 4 nitrogen and oxygen atoms in total. The standard InChI is InChI=1S/C10H16N2O2/c1-3-4-8(2)12-10(13)9-7-14-6-5-11-9/h1,8-9,11H,4-7H2,2H3,(H,12,13). The number of hydrogen-bond acceptors (Lipinski definition) is 3. The molecule has 1 amide bonds. The average Bonchev–Trinajstić information content (AvgIpc) is 2.19. The molecule has 1 saturated heterocycles. The molecular weight excluding hydrogens is 180 g/mol. The maximum Gasteiger partial charge on any atom is 0.239 e. The Balaban J connectivity index is 2.30. The molecule has 4 heteroatoms. The number of carbonyl (C=O) groups is 1. The van der Waals surface area contributed by atoms with Gasteiger partial charge in [-0.25, -0.2) is 0 Å². The van der Waals surface area contributed by atoms with Gasteiger partial charge in [-0.2, -0.15) is 0 Å². The minimum Gasteiger partial charge on any atom is -0.378 e. The molecule has 2 N–H and O–H groups in total. The van der Waals surface area contributed by atoms with E-state index >= 15 is 0 Å². The van der Waals surface area contributed by atoms with Crippen molar-refractivity contribution in [1.29, 1.82) is 0 Å². The molecule has 0 radical (unpaired) electrons. The van der Waals surface area contributed by atoms with Gasteiger partial charge in [-0.3, -0.25) is 4.79 Å². The van der Waals surface area contributed by atoms with Crippen molar-refractivity contribution in [3.8, 4) is 12.3 Å². The van der Waals surface area contributed by atoms with Crippen LogP contribution in [0.3, 0.4) is 0 Å². The molecule has 1 rings (SSSR count). The van der Waals surface area contributed by atoms with Gasteiger partial charge in [0.1, 0.15) is 6.04 Å². The first-order valence-corrected chi connectivity index (χ1v) is 4.79. The van der Waals surface area contributed by atoms with Crippen LogP contribution in [0.4, 0.5) is 0 Å². The third-order valence-corrected chi connectivity index (χ3v) is 2.05. The van der Waals surface area contributed by atoms with Crippen LogP contribution in [0.15, 0.2) is 0 Å². The van der Waals surface area contributed by atoms with Crippen molar-refractivity contribution < 1.29 is 9.53 Å². The van der Waals surface area contributed by atoms with Crippen molar-refractivity contribution in [3.05, 3.63) is 0 Å². The maximum absolute atomic E-state index is 11.6. The van der Waals surface area contributed by atoms with Gasteiger partial charge in [-0.15, -0.1) is 12.3 Å². The molecule has 2 unspecified atom stereocenters. The first-order chi connectivity index (χ1) is 6.74. The number of amides is 1. The van der Waals surface area contributed by atoms with E-state index in [-0.39, 0.29) is 18.0 Å². The van der Waals surface area contributed by atoms with Crippen LogP contribution in [0.1, 0.15) is 13.3 Å². The number of rotatable bonds is 3. The Bertz CT molecular complexity index is 229. The van der Waals surface area contributed by atoms with Crippen LogP contribution in [-0.2, 0) is 9.53 Å². The molecule has 0 aromatic carbocycles. The van der Waals surface area contributed by atoms with Crippen molar-refractivity contribution in [3.63, 3.8) is 0 Å². The summed E-state index contributed by atoms with van der Waals surface area (Å²) in [4.78, 5) is 11.6. The van der Waals surface area contributed by atoms with Gasteiger partial charge < -0.3 is 15.4 Å². The summed E-state index contributed by atoms with van der Waals surface area (Å²) in [5, 5.41) is 5.90. The summed E-state index contributed by atoms with van der Waals surface area (Å²) in [6, 6.07) is -0.208. The fraction of sp³-hybridized carbons (Fsp3) is 0.700. The highest BCUT2D eigenvalue weighted by Gasteiger charge is 2.21. The van der Waals surface area contributed by atoms with Gasteiger partial charge in [0, 0.05) is 19.0 Å². The summed E-state index contributed by atoms with van der Waals surface area (Å²) < 4.78 is 5.18. The average molecular weight is 196 g/mol. The highest BCUT2D eigenvalue weighted by Crippen LogP contribution is 1.95. The van der Waals surface area contributed by atoms with E-state index in [1.807, 2.05) is 6.92 Å². The molecule has 0 spiro atoms. The monoisotopic (exact) mass is 196 g/mol. The second-order valence-electron chi connectivity index (χ2n) is 3.40. The fourth-order valence-electron chi connectivity index (χ4n) is 1.31. The Labute approximate surface area is 84.4 Å². The lowest BCUT2D eigenvalue weighted by Crippen LogP contribution is -2.52. The van der Waals surface area contributed by atoms with E-state index in [1.54, 1.807) is 0 Å². The first kappa shape index (κ1) is 11.0. The number of ether oxygens (including phenoxy) is 1. The summed E-state index contributed by atoms with van der Waals surface area (Å²) in [6.45, 7) is 3.72. The number of terminal acetylenes is 1. The normalized spacial score (nSPS) is 23.6. The van der Waals surface area contributed by atoms with Crippen molar-refractivity contribution in [2.24, 2.45) is 0 Å². The molecular formula is C10H16N2O2. The molecule has 0 saturated carbocycles. The van der Waals surface area contributed by atoms with E-state index in [4.69, 9.17) is 11.2 Å². The molecule has 78 valence electrons. The molecule has 0 aromatic heterocycles. The summed E-state index contributed by atoms with van der Waals surface area (Å²) in [7, 11) is 0. The quantitative estimate of drug-likeness (QED) is 0.598. The summed E-state index contributed by atoms with van der Waals surface area (Å²) >= 11 is 0. The predicted molar refractivity (Wildman–Crippen MR) is 53.7 cm³/mol. The van der Waals surface area contributed by atoms with Gasteiger partial charge in [-0.1, -0.05) is 0 Å². The van der Waals surface area contributed by atoms with Crippen molar-refractivity contribution in [2.45, 2.75) is 25.4 Å².